The summed E-state index contributed by atoms with van der Waals surface area (Å²) in [6.45, 7) is 3.92. The highest BCUT2D eigenvalue weighted by atomic mass is 16.5. The van der Waals surface area contributed by atoms with Gasteiger partial charge < -0.3 is 10.1 Å². The van der Waals surface area contributed by atoms with E-state index in [1.807, 2.05) is 4.68 Å². The van der Waals surface area contributed by atoms with E-state index in [2.05, 4.69) is 41.5 Å². The molecule has 1 fully saturated rings. The molecule has 3 heterocycles. The topological polar surface area (TPSA) is 52.0 Å². The van der Waals surface area contributed by atoms with Crippen molar-refractivity contribution in [1.82, 2.24) is 14.8 Å². The maximum atomic E-state index is 5.72. The van der Waals surface area contributed by atoms with Crippen LogP contribution in [0.4, 0.5) is 5.95 Å². The minimum Gasteiger partial charge on any atom is -0.370 e. The van der Waals surface area contributed by atoms with Gasteiger partial charge in [-0.3, -0.25) is 0 Å². The van der Waals surface area contributed by atoms with Gasteiger partial charge in [-0.2, -0.15) is 10.1 Å². The van der Waals surface area contributed by atoms with E-state index in [4.69, 9.17) is 9.84 Å². The Morgan fingerprint density at radius 3 is 3.00 bits per heavy atom. The molecule has 1 aromatic carbocycles. The standard InChI is InChI=1S/C16H20N4O/c1-11-5-2-3-6-12(11)13-8-9-17-16-18-15(19-20(13)16)14-7-4-10-21-14/h2-3,5-6,13-14H,4,7-10H2,1H3,(H,17,18,19). The smallest absolute Gasteiger partial charge is 0.222 e. The number of hydrogen-bond donors (Lipinski definition) is 1. The van der Waals surface area contributed by atoms with Gasteiger partial charge in [0.25, 0.3) is 0 Å². The molecule has 2 aliphatic heterocycles. The lowest BCUT2D eigenvalue weighted by molar-refractivity contribution is 0.105. The summed E-state index contributed by atoms with van der Waals surface area (Å²) in [5.41, 5.74) is 2.65. The van der Waals surface area contributed by atoms with Crippen LogP contribution in [0.15, 0.2) is 24.3 Å². The molecule has 2 aliphatic rings. The van der Waals surface area contributed by atoms with Crippen LogP contribution in [0, 0.1) is 6.92 Å². The van der Waals surface area contributed by atoms with Gasteiger partial charge in [-0.25, -0.2) is 4.68 Å². The Morgan fingerprint density at radius 2 is 2.19 bits per heavy atom. The molecule has 5 nitrogen and oxygen atoms in total. The fourth-order valence-electron chi connectivity index (χ4n) is 3.29. The SMILES string of the molecule is Cc1ccccc1C1CCNc2nc(C3CCCO3)nn21. The Balaban J connectivity index is 1.72. The number of nitrogens with one attached hydrogen (secondary N) is 1. The normalized spacial score (nSPS) is 24.6. The average molecular weight is 284 g/mol. The first-order valence-corrected chi connectivity index (χ1v) is 7.70. The van der Waals surface area contributed by atoms with Gasteiger partial charge in [0, 0.05) is 13.2 Å². The van der Waals surface area contributed by atoms with E-state index in [0.717, 1.165) is 44.2 Å². The number of ether oxygens (including phenoxy) is 1. The monoisotopic (exact) mass is 284 g/mol. The van der Waals surface area contributed by atoms with Crippen LogP contribution in [-0.2, 0) is 4.74 Å². The molecule has 5 heteroatoms. The second-order valence-electron chi connectivity index (χ2n) is 5.83. The van der Waals surface area contributed by atoms with Gasteiger partial charge in [-0.1, -0.05) is 24.3 Å². The van der Waals surface area contributed by atoms with Crippen molar-refractivity contribution in [1.29, 1.82) is 0 Å². The molecule has 110 valence electrons. The lowest BCUT2D eigenvalue weighted by Gasteiger charge is -2.25. The van der Waals surface area contributed by atoms with Gasteiger partial charge in [-0.15, -0.1) is 0 Å². The highest BCUT2D eigenvalue weighted by molar-refractivity contribution is 5.36. The Kier molecular flexibility index (Phi) is 3.15. The van der Waals surface area contributed by atoms with Gasteiger partial charge in [0.2, 0.25) is 5.95 Å². The number of aryl methyl sites for hydroxylation is 1. The van der Waals surface area contributed by atoms with Crippen molar-refractivity contribution in [3.05, 3.63) is 41.2 Å². The predicted octanol–water partition coefficient (Wildman–Crippen LogP) is 2.84. The van der Waals surface area contributed by atoms with Gasteiger partial charge >= 0.3 is 0 Å². The number of anilines is 1. The summed E-state index contributed by atoms with van der Waals surface area (Å²) in [7, 11) is 0. The molecule has 4 rings (SSSR count). The highest BCUT2D eigenvalue weighted by Gasteiger charge is 2.29. The Hall–Kier alpha value is -1.88. The van der Waals surface area contributed by atoms with Crippen molar-refractivity contribution in [3.63, 3.8) is 0 Å². The molecule has 0 bridgehead atoms. The van der Waals surface area contributed by atoms with Crippen molar-refractivity contribution in [2.75, 3.05) is 18.5 Å². The van der Waals surface area contributed by atoms with Crippen molar-refractivity contribution in [2.24, 2.45) is 0 Å². The van der Waals surface area contributed by atoms with E-state index in [9.17, 15) is 0 Å². The number of fused-ring (bicyclic) bond motifs is 1. The molecular formula is C16H20N4O. The first-order chi connectivity index (χ1) is 10.3. The maximum absolute atomic E-state index is 5.72. The van der Waals surface area contributed by atoms with Crippen LogP contribution in [0.5, 0.6) is 0 Å². The fraction of sp³-hybridized carbons (Fsp3) is 0.500. The van der Waals surface area contributed by atoms with Crippen LogP contribution >= 0.6 is 0 Å². The highest BCUT2D eigenvalue weighted by Crippen LogP contribution is 2.33. The molecule has 0 amide bonds. The second kappa shape index (κ2) is 5.15. The zero-order valence-corrected chi connectivity index (χ0v) is 12.2. The lowest BCUT2D eigenvalue weighted by Crippen LogP contribution is -2.25. The molecule has 0 saturated carbocycles. The van der Waals surface area contributed by atoms with Crippen molar-refractivity contribution in [2.45, 2.75) is 38.3 Å². The maximum Gasteiger partial charge on any atom is 0.222 e. The minimum atomic E-state index is 0.0717. The third-order valence-corrected chi connectivity index (χ3v) is 4.41. The molecule has 2 aromatic rings. The van der Waals surface area contributed by atoms with Crippen molar-refractivity contribution < 1.29 is 4.74 Å². The van der Waals surface area contributed by atoms with Crippen LogP contribution in [-0.4, -0.2) is 27.9 Å². The first kappa shape index (κ1) is 12.8. The number of aromatic nitrogens is 3. The second-order valence-corrected chi connectivity index (χ2v) is 5.83. The summed E-state index contributed by atoms with van der Waals surface area (Å²) in [6.07, 6.45) is 3.23. The van der Waals surface area contributed by atoms with Crippen molar-refractivity contribution in [3.8, 4) is 0 Å². The van der Waals surface area contributed by atoms with Gasteiger partial charge in [-0.05, 0) is 37.3 Å². The zero-order chi connectivity index (χ0) is 14.2. The number of hydrogen-bond acceptors (Lipinski definition) is 4. The van der Waals surface area contributed by atoms with Crippen LogP contribution in [0.25, 0.3) is 0 Å². The number of rotatable bonds is 2. The Labute approximate surface area is 124 Å². The number of benzene rings is 1. The summed E-state index contributed by atoms with van der Waals surface area (Å²) < 4.78 is 7.76. The van der Waals surface area contributed by atoms with Crippen molar-refractivity contribution >= 4 is 5.95 Å². The van der Waals surface area contributed by atoms with E-state index in [-0.39, 0.29) is 12.1 Å². The van der Waals surface area contributed by atoms with E-state index in [1.165, 1.54) is 11.1 Å². The molecule has 0 aliphatic carbocycles. The molecule has 2 atom stereocenters. The predicted molar refractivity (Wildman–Crippen MR) is 80.4 cm³/mol. The van der Waals surface area contributed by atoms with Gasteiger partial charge in [0.05, 0.1) is 6.04 Å². The lowest BCUT2D eigenvalue weighted by atomic mass is 9.98. The van der Waals surface area contributed by atoms with E-state index < -0.39 is 0 Å². The van der Waals surface area contributed by atoms with E-state index in [1.54, 1.807) is 0 Å². The molecule has 1 N–H and O–H groups in total. The summed E-state index contributed by atoms with van der Waals surface area (Å²) in [4.78, 5) is 4.65. The van der Waals surface area contributed by atoms with E-state index in [0.29, 0.717) is 0 Å². The molecule has 1 saturated heterocycles. The van der Waals surface area contributed by atoms with Crippen LogP contribution in [0.1, 0.15) is 48.4 Å². The van der Waals surface area contributed by atoms with Gasteiger partial charge in [0.1, 0.15) is 6.10 Å². The Morgan fingerprint density at radius 1 is 1.29 bits per heavy atom. The average Bonchev–Trinajstić information content (AvgIpc) is 3.16. The summed E-state index contributed by atoms with van der Waals surface area (Å²) in [5, 5.41) is 8.11. The molecule has 2 unspecified atom stereocenters. The zero-order valence-electron chi connectivity index (χ0n) is 12.2. The molecule has 0 radical (unpaired) electrons. The van der Waals surface area contributed by atoms with Crippen LogP contribution in [0.2, 0.25) is 0 Å². The van der Waals surface area contributed by atoms with Crippen LogP contribution < -0.4 is 5.32 Å². The Bertz CT molecular complexity index is 645. The molecule has 21 heavy (non-hydrogen) atoms. The summed E-state index contributed by atoms with van der Waals surface area (Å²) >= 11 is 0. The summed E-state index contributed by atoms with van der Waals surface area (Å²) in [5.74, 6) is 1.70. The largest absolute Gasteiger partial charge is 0.370 e. The fourth-order valence-corrected chi connectivity index (χ4v) is 3.29. The number of nitrogens with zero attached hydrogens (tertiary/aromatic N) is 3. The molecule has 1 aromatic heterocycles. The quantitative estimate of drug-likeness (QED) is 0.921. The van der Waals surface area contributed by atoms with E-state index >= 15 is 0 Å². The molecule has 0 spiro atoms. The first-order valence-electron chi connectivity index (χ1n) is 7.70. The van der Waals surface area contributed by atoms with Gasteiger partial charge in [0.15, 0.2) is 5.82 Å². The molecular weight excluding hydrogens is 264 g/mol. The third kappa shape index (κ3) is 2.21. The van der Waals surface area contributed by atoms with Crippen LogP contribution in [0.3, 0.4) is 0 Å². The summed E-state index contributed by atoms with van der Waals surface area (Å²) in [6, 6.07) is 8.81. The third-order valence-electron chi connectivity index (χ3n) is 4.41. The minimum absolute atomic E-state index is 0.0717.